The lowest BCUT2D eigenvalue weighted by Crippen LogP contribution is -2.54. The summed E-state index contributed by atoms with van der Waals surface area (Å²) in [5, 5.41) is 24.9. The van der Waals surface area contributed by atoms with E-state index in [0.717, 1.165) is 0 Å². The molecular weight excluding hydrogens is 398 g/mol. The second-order valence-electron chi connectivity index (χ2n) is 7.36. The third-order valence-electron chi connectivity index (χ3n) is 4.08. The molecule has 0 aromatic heterocycles. The molecule has 9 N–H and O–H groups in total. The molecule has 0 aromatic rings. The van der Waals surface area contributed by atoms with Crippen molar-refractivity contribution in [2.75, 3.05) is 13.1 Å². The number of nitrogens with two attached hydrogens (primary N) is 2. The van der Waals surface area contributed by atoms with Crippen molar-refractivity contribution >= 4 is 29.7 Å². The fourth-order valence-corrected chi connectivity index (χ4v) is 2.53. The Balaban J connectivity index is 4.82. The Labute approximate surface area is 175 Å². The van der Waals surface area contributed by atoms with Crippen LogP contribution in [-0.4, -0.2) is 71.1 Å². The molecule has 3 amide bonds. The summed E-state index contributed by atoms with van der Waals surface area (Å²) in [6.07, 6.45) is 1.13. The van der Waals surface area contributed by atoms with Gasteiger partial charge in [0.05, 0.1) is 19.0 Å². The molecule has 0 fully saturated rings. The highest BCUT2D eigenvalue weighted by Gasteiger charge is 2.28. The van der Waals surface area contributed by atoms with Gasteiger partial charge in [0.25, 0.3) is 0 Å². The van der Waals surface area contributed by atoms with Crippen molar-refractivity contribution in [3.63, 3.8) is 0 Å². The predicted molar refractivity (Wildman–Crippen MR) is 107 cm³/mol. The lowest BCUT2D eigenvalue weighted by molar-refractivity contribution is -0.143. The SMILES string of the molecule is CC(C)CC(NC(=O)C(CC(=O)O)NC(=O)CNC(=O)C(N)CCCCN)C(=O)O. The van der Waals surface area contributed by atoms with Crippen molar-refractivity contribution < 1.29 is 34.2 Å². The lowest BCUT2D eigenvalue weighted by Gasteiger charge is -2.21. The minimum atomic E-state index is -1.50. The van der Waals surface area contributed by atoms with Gasteiger partial charge in [-0.15, -0.1) is 0 Å². The Morgan fingerprint density at radius 2 is 1.57 bits per heavy atom. The zero-order valence-corrected chi connectivity index (χ0v) is 17.3. The summed E-state index contributed by atoms with van der Waals surface area (Å²) < 4.78 is 0. The number of carbonyl (C=O) groups is 5. The monoisotopic (exact) mass is 431 g/mol. The molecule has 0 spiro atoms. The van der Waals surface area contributed by atoms with Crippen LogP contribution in [0.5, 0.6) is 0 Å². The van der Waals surface area contributed by atoms with Crippen LogP contribution in [0, 0.1) is 5.92 Å². The molecule has 0 radical (unpaired) electrons. The van der Waals surface area contributed by atoms with E-state index in [1.807, 2.05) is 0 Å². The smallest absolute Gasteiger partial charge is 0.326 e. The molecule has 0 saturated heterocycles. The molecule has 0 aliphatic carbocycles. The Morgan fingerprint density at radius 3 is 2.07 bits per heavy atom. The summed E-state index contributed by atoms with van der Waals surface area (Å²) in [7, 11) is 0. The minimum Gasteiger partial charge on any atom is -0.481 e. The van der Waals surface area contributed by atoms with E-state index < -0.39 is 60.8 Å². The van der Waals surface area contributed by atoms with Crippen molar-refractivity contribution in [3.8, 4) is 0 Å². The summed E-state index contributed by atoms with van der Waals surface area (Å²) in [6.45, 7) is 3.49. The molecule has 30 heavy (non-hydrogen) atoms. The van der Waals surface area contributed by atoms with Gasteiger partial charge in [0, 0.05) is 0 Å². The zero-order chi connectivity index (χ0) is 23.3. The molecule has 12 heteroatoms. The fraction of sp³-hybridized carbons (Fsp3) is 0.722. The van der Waals surface area contributed by atoms with E-state index in [1.54, 1.807) is 13.8 Å². The molecule has 0 aromatic carbocycles. The summed E-state index contributed by atoms with van der Waals surface area (Å²) in [5.41, 5.74) is 11.1. The molecule has 0 bridgehead atoms. The van der Waals surface area contributed by atoms with Crippen LogP contribution >= 0.6 is 0 Å². The van der Waals surface area contributed by atoms with Gasteiger partial charge < -0.3 is 37.6 Å². The average molecular weight is 431 g/mol. The minimum absolute atomic E-state index is 0.0387. The van der Waals surface area contributed by atoms with Gasteiger partial charge >= 0.3 is 11.9 Å². The number of rotatable bonds is 15. The number of hydrogen-bond donors (Lipinski definition) is 7. The summed E-state index contributed by atoms with van der Waals surface area (Å²) in [5.74, 6) is -4.99. The Morgan fingerprint density at radius 1 is 0.933 bits per heavy atom. The molecule has 12 nitrogen and oxygen atoms in total. The molecule has 0 saturated carbocycles. The standard InChI is InChI=1S/C18H33N5O7/c1-10(2)7-13(18(29)30)23-17(28)12(8-15(25)26)22-14(24)9-21-16(27)11(20)5-3-4-6-19/h10-13H,3-9,19-20H2,1-2H3,(H,21,27)(H,22,24)(H,23,28)(H,25,26)(H,29,30). The van der Waals surface area contributed by atoms with Crippen LogP contribution in [0.4, 0.5) is 0 Å². The topological polar surface area (TPSA) is 214 Å². The maximum atomic E-state index is 12.3. The number of aliphatic carboxylic acids is 2. The van der Waals surface area contributed by atoms with Gasteiger partial charge in [0.2, 0.25) is 17.7 Å². The van der Waals surface area contributed by atoms with Gasteiger partial charge in [-0.05, 0) is 31.7 Å². The van der Waals surface area contributed by atoms with Gasteiger partial charge in [0.1, 0.15) is 12.1 Å². The zero-order valence-electron chi connectivity index (χ0n) is 17.3. The third-order valence-corrected chi connectivity index (χ3v) is 4.08. The highest BCUT2D eigenvalue weighted by atomic mass is 16.4. The van der Waals surface area contributed by atoms with Gasteiger partial charge in [-0.25, -0.2) is 4.79 Å². The van der Waals surface area contributed by atoms with E-state index in [-0.39, 0.29) is 12.3 Å². The number of unbranched alkanes of at least 4 members (excludes halogenated alkanes) is 1. The maximum Gasteiger partial charge on any atom is 0.326 e. The van der Waals surface area contributed by atoms with Crippen molar-refractivity contribution in [1.82, 2.24) is 16.0 Å². The van der Waals surface area contributed by atoms with E-state index in [0.29, 0.717) is 25.8 Å². The van der Waals surface area contributed by atoms with Crippen LogP contribution in [0.15, 0.2) is 0 Å². The van der Waals surface area contributed by atoms with E-state index in [2.05, 4.69) is 16.0 Å². The molecule has 0 aliphatic heterocycles. The van der Waals surface area contributed by atoms with E-state index in [4.69, 9.17) is 16.6 Å². The summed E-state index contributed by atoms with van der Waals surface area (Å²) in [4.78, 5) is 58.6. The summed E-state index contributed by atoms with van der Waals surface area (Å²) in [6, 6.07) is -3.55. The maximum absolute atomic E-state index is 12.3. The Kier molecular flexibility index (Phi) is 13.0. The summed E-state index contributed by atoms with van der Waals surface area (Å²) >= 11 is 0. The highest BCUT2D eigenvalue weighted by molar-refractivity contribution is 5.94. The van der Waals surface area contributed by atoms with Gasteiger partial charge in [-0.2, -0.15) is 0 Å². The Bertz CT molecular complexity index is 612. The van der Waals surface area contributed by atoms with Crippen LogP contribution < -0.4 is 27.4 Å². The second kappa shape index (κ2) is 14.3. The number of carbonyl (C=O) groups excluding carboxylic acids is 3. The number of nitrogens with one attached hydrogen (secondary N) is 3. The highest BCUT2D eigenvalue weighted by Crippen LogP contribution is 2.06. The van der Waals surface area contributed by atoms with E-state index >= 15 is 0 Å². The van der Waals surface area contributed by atoms with Gasteiger partial charge in [0.15, 0.2) is 0 Å². The van der Waals surface area contributed by atoms with Gasteiger partial charge in [-0.3, -0.25) is 19.2 Å². The van der Waals surface area contributed by atoms with Crippen LogP contribution in [0.2, 0.25) is 0 Å². The van der Waals surface area contributed by atoms with Crippen molar-refractivity contribution in [1.29, 1.82) is 0 Å². The van der Waals surface area contributed by atoms with Gasteiger partial charge in [-0.1, -0.05) is 20.3 Å². The first-order valence-electron chi connectivity index (χ1n) is 9.75. The number of carboxylic acid groups (broad SMARTS) is 2. The quantitative estimate of drug-likeness (QED) is 0.144. The van der Waals surface area contributed by atoms with Crippen LogP contribution in [0.3, 0.4) is 0 Å². The molecule has 172 valence electrons. The number of amides is 3. The molecular formula is C18H33N5O7. The fourth-order valence-electron chi connectivity index (χ4n) is 2.53. The molecule has 0 heterocycles. The van der Waals surface area contributed by atoms with Crippen molar-refractivity contribution in [3.05, 3.63) is 0 Å². The molecule has 3 unspecified atom stereocenters. The van der Waals surface area contributed by atoms with Crippen LogP contribution in [-0.2, 0) is 24.0 Å². The first-order chi connectivity index (χ1) is 14.0. The number of carboxylic acids is 2. The van der Waals surface area contributed by atoms with Crippen molar-refractivity contribution in [2.45, 2.75) is 64.1 Å². The predicted octanol–water partition coefficient (Wildman–Crippen LogP) is -1.87. The average Bonchev–Trinajstić information content (AvgIpc) is 2.64. The molecule has 0 aliphatic rings. The van der Waals surface area contributed by atoms with E-state index in [1.165, 1.54) is 0 Å². The second-order valence-corrected chi connectivity index (χ2v) is 7.36. The van der Waals surface area contributed by atoms with Crippen LogP contribution in [0.1, 0.15) is 46.0 Å². The Hall–Kier alpha value is -2.73. The normalized spacial score (nSPS) is 13.8. The lowest BCUT2D eigenvalue weighted by atomic mass is 10.0. The van der Waals surface area contributed by atoms with E-state index in [9.17, 15) is 29.1 Å². The number of hydrogen-bond acceptors (Lipinski definition) is 7. The third kappa shape index (κ3) is 12.0. The first kappa shape index (κ1) is 27.3. The first-order valence-corrected chi connectivity index (χ1v) is 9.75. The largest absolute Gasteiger partial charge is 0.481 e. The molecule has 3 atom stereocenters. The van der Waals surface area contributed by atoms with Crippen LogP contribution in [0.25, 0.3) is 0 Å². The van der Waals surface area contributed by atoms with Crippen molar-refractivity contribution in [2.24, 2.45) is 17.4 Å². The molecule has 0 rings (SSSR count).